The Kier molecular flexibility index (Phi) is 10.5. The first-order valence-electron chi connectivity index (χ1n) is 12.9. The predicted molar refractivity (Wildman–Crippen MR) is 157 cm³/mol. The summed E-state index contributed by atoms with van der Waals surface area (Å²) < 4.78 is 26.8. The molecule has 0 aliphatic rings. The van der Waals surface area contributed by atoms with Crippen LogP contribution >= 0.6 is 11.6 Å². The van der Waals surface area contributed by atoms with Crippen LogP contribution in [-0.4, -0.2) is 50.5 Å². The van der Waals surface area contributed by atoms with Crippen LogP contribution < -0.4 is 9.62 Å². The Bertz CT molecular complexity index is 1350. The van der Waals surface area contributed by atoms with Crippen LogP contribution in [0.2, 0.25) is 5.02 Å². The van der Waals surface area contributed by atoms with Gasteiger partial charge in [0, 0.05) is 24.5 Å². The quantitative estimate of drug-likeness (QED) is 0.332. The fourth-order valence-corrected chi connectivity index (χ4v) is 5.25. The number of benzene rings is 3. The van der Waals surface area contributed by atoms with Gasteiger partial charge in [-0.3, -0.25) is 13.9 Å². The molecule has 0 unspecified atom stereocenters. The average Bonchev–Trinajstić information content (AvgIpc) is 2.90. The highest BCUT2D eigenvalue weighted by Gasteiger charge is 2.32. The van der Waals surface area contributed by atoms with Gasteiger partial charge in [-0.15, -0.1) is 0 Å². The van der Waals surface area contributed by atoms with Crippen LogP contribution in [0.4, 0.5) is 5.69 Å². The van der Waals surface area contributed by atoms with Gasteiger partial charge >= 0.3 is 0 Å². The van der Waals surface area contributed by atoms with Gasteiger partial charge in [0.05, 0.1) is 11.9 Å². The van der Waals surface area contributed by atoms with E-state index in [-0.39, 0.29) is 24.8 Å². The van der Waals surface area contributed by atoms with Crippen LogP contribution in [0.25, 0.3) is 0 Å². The number of nitrogens with one attached hydrogen (secondary N) is 1. The number of sulfonamides is 1. The lowest BCUT2D eigenvalue weighted by Gasteiger charge is -2.33. The number of nitrogens with zero attached hydrogens (tertiary/aromatic N) is 2. The molecule has 1 atom stereocenters. The molecule has 3 rings (SSSR count). The lowest BCUT2D eigenvalue weighted by atomic mass is 10.0. The number of carbonyl (C=O) groups excluding carboxylic acids is 2. The minimum absolute atomic E-state index is 0.106. The molecule has 0 spiro atoms. The van der Waals surface area contributed by atoms with Gasteiger partial charge in [-0.2, -0.15) is 0 Å². The van der Waals surface area contributed by atoms with Crippen LogP contribution in [0.5, 0.6) is 0 Å². The molecule has 0 aliphatic heterocycles. The second kappa shape index (κ2) is 13.6. The molecule has 0 aliphatic carbocycles. The third kappa shape index (κ3) is 8.57. The fourth-order valence-electron chi connectivity index (χ4n) is 4.27. The minimum atomic E-state index is -3.81. The first-order valence-corrected chi connectivity index (χ1v) is 15.2. The molecule has 9 heteroatoms. The third-order valence-corrected chi connectivity index (χ3v) is 7.81. The van der Waals surface area contributed by atoms with Gasteiger partial charge in [0.1, 0.15) is 12.6 Å². The predicted octanol–water partition coefficient (Wildman–Crippen LogP) is 5.01. The molecule has 1 N–H and O–H groups in total. The normalized spacial score (nSPS) is 12.2. The third-order valence-electron chi connectivity index (χ3n) is 6.42. The Morgan fingerprint density at radius 3 is 2.05 bits per heavy atom. The van der Waals surface area contributed by atoms with Crippen molar-refractivity contribution in [3.05, 3.63) is 101 Å². The number of rotatable bonds is 12. The van der Waals surface area contributed by atoms with Gasteiger partial charge in [-0.25, -0.2) is 8.42 Å². The van der Waals surface area contributed by atoms with Crippen molar-refractivity contribution in [2.45, 2.75) is 45.7 Å². The maximum absolute atomic E-state index is 14.0. The zero-order chi connectivity index (χ0) is 28.6. The highest BCUT2D eigenvalue weighted by atomic mass is 35.5. The molecule has 0 saturated carbocycles. The molecule has 7 nitrogen and oxygen atoms in total. The van der Waals surface area contributed by atoms with E-state index in [1.165, 1.54) is 4.90 Å². The summed E-state index contributed by atoms with van der Waals surface area (Å²) in [7, 11) is -3.81. The van der Waals surface area contributed by atoms with Crippen molar-refractivity contribution >= 4 is 39.1 Å². The van der Waals surface area contributed by atoms with Crippen molar-refractivity contribution in [2.75, 3.05) is 23.7 Å². The molecule has 0 heterocycles. The van der Waals surface area contributed by atoms with Gasteiger partial charge in [0.2, 0.25) is 21.8 Å². The topological polar surface area (TPSA) is 86.8 Å². The lowest BCUT2D eigenvalue weighted by Crippen LogP contribution is -2.53. The standard InChI is InChI=1S/C30H36ClN3O4S/c1-5-32-30(36)28(19-23-9-7-6-8-10-23)33(20-24-11-15-26(31)16-12-24)29(35)21-34(39(4,37)38)27-17-13-25(14-18-27)22(2)3/h6-18,22,28H,5,19-21H2,1-4H3,(H,32,36)/t28-/m1/s1. The van der Waals surface area contributed by atoms with E-state index in [0.29, 0.717) is 17.3 Å². The van der Waals surface area contributed by atoms with E-state index in [1.54, 1.807) is 36.4 Å². The molecule has 3 aromatic rings. The van der Waals surface area contributed by atoms with Gasteiger partial charge in [0.25, 0.3) is 0 Å². The van der Waals surface area contributed by atoms with Crippen molar-refractivity contribution in [3.8, 4) is 0 Å². The smallest absolute Gasteiger partial charge is 0.244 e. The molecule has 0 fully saturated rings. The summed E-state index contributed by atoms with van der Waals surface area (Å²) in [6, 6.07) is 22.7. The lowest BCUT2D eigenvalue weighted by molar-refractivity contribution is -0.140. The minimum Gasteiger partial charge on any atom is -0.355 e. The summed E-state index contributed by atoms with van der Waals surface area (Å²) in [5.41, 5.74) is 3.09. The molecule has 3 aromatic carbocycles. The molecule has 2 amide bonds. The number of hydrogen-bond acceptors (Lipinski definition) is 4. The van der Waals surface area contributed by atoms with Gasteiger partial charge in [-0.1, -0.05) is 80.0 Å². The largest absolute Gasteiger partial charge is 0.355 e. The summed E-state index contributed by atoms with van der Waals surface area (Å²) in [6.07, 6.45) is 1.35. The van der Waals surface area contributed by atoms with Crippen LogP contribution in [-0.2, 0) is 32.6 Å². The van der Waals surface area contributed by atoms with Gasteiger partial charge in [-0.05, 0) is 53.8 Å². The summed E-state index contributed by atoms with van der Waals surface area (Å²) in [6.45, 7) is 5.97. The molecule has 208 valence electrons. The van der Waals surface area contributed by atoms with Gasteiger partial charge in [0.15, 0.2) is 0 Å². The Morgan fingerprint density at radius 2 is 1.51 bits per heavy atom. The van der Waals surface area contributed by atoms with E-state index in [9.17, 15) is 18.0 Å². The van der Waals surface area contributed by atoms with E-state index in [1.807, 2.05) is 49.4 Å². The highest BCUT2D eigenvalue weighted by molar-refractivity contribution is 7.92. The first kappa shape index (κ1) is 30.2. The maximum atomic E-state index is 14.0. The number of hydrogen-bond donors (Lipinski definition) is 1. The fraction of sp³-hybridized carbons (Fsp3) is 0.333. The Balaban J connectivity index is 2.02. The summed E-state index contributed by atoms with van der Waals surface area (Å²) in [4.78, 5) is 28.8. The molecular formula is C30H36ClN3O4S. The first-order chi connectivity index (χ1) is 18.5. The molecule has 0 bridgehead atoms. The average molecular weight is 570 g/mol. The summed E-state index contributed by atoms with van der Waals surface area (Å²) in [5, 5.41) is 3.39. The van der Waals surface area contributed by atoms with Crippen molar-refractivity contribution in [1.82, 2.24) is 10.2 Å². The SMILES string of the molecule is CCNC(=O)[C@@H](Cc1ccccc1)N(Cc1ccc(Cl)cc1)C(=O)CN(c1ccc(C(C)C)cc1)S(C)(=O)=O. The van der Waals surface area contributed by atoms with E-state index in [2.05, 4.69) is 19.2 Å². The van der Waals surface area contributed by atoms with Crippen LogP contribution in [0.15, 0.2) is 78.9 Å². The van der Waals surface area contributed by atoms with Crippen LogP contribution in [0, 0.1) is 0 Å². The zero-order valence-electron chi connectivity index (χ0n) is 22.8. The molecule has 0 saturated heterocycles. The van der Waals surface area contributed by atoms with E-state index < -0.39 is 28.5 Å². The van der Waals surface area contributed by atoms with E-state index in [4.69, 9.17) is 11.6 Å². The maximum Gasteiger partial charge on any atom is 0.244 e. The Labute approximate surface area is 236 Å². The number of amides is 2. The van der Waals surface area contributed by atoms with Gasteiger partial charge < -0.3 is 10.2 Å². The highest BCUT2D eigenvalue weighted by Crippen LogP contribution is 2.23. The Hall–Kier alpha value is -3.36. The molecule has 0 aromatic heterocycles. The summed E-state index contributed by atoms with van der Waals surface area (Å²) in [5.74, 6) is -0.524. The second-order valence-electron chi connectivity index (χ2n) is 9.76. The van der Waals surface area contributed by atoms with Crippen molar-refractivity contribution in [1.29, 1.82) is 0 Å². The number of halogens is 1. The van der Waals surface area contributed by atoms with Crippen LogP contribution in [0.3, 0.4) is 0 Å². The molecule has 39 heavy (non-hydrogen) atoms. The van der Waals surface area contributed by atoms with Crippen molar-refractivity contribution in [3.63, 3.8) is 0 Å². The van der Waals surface area contributed by atoms with E-state index in [0.717, 1.165) is 27.3 Å². The zero-order valence-corrected chi connectivity index (χ0v) is 24.4. The number of likely N-dealkylation sites (N-methyl/N-ethyl adjacent to an activating group) is 1. The van der Waals surface area contributed by atoms with Crippen molar-refractivity contribution < 1.29 is 18.0 Å². The summed E-state index contributed by atoms with van der Waals surface area (Å²) >= 11 is 6.07. The molecule has 0 radical (unpaired) electrons. The Morgan fingerprint density at radius 1 is 0.897 bits per heavy atom. The van der Waals surface area contributed by atoms with Crippen molar-refractivity contribution in [2.24, 2.45) is 0 Å². The second-order valence-corrected chi connectivity index (χ2v) is 12.1. The number of carbonyl (C=O) groups is 2. The van der Waals surface area contributed by atoms with Crippen LogP contribution in [0.1, 0.15) is 43.4 Å². The molecular weight excluding hydrogens is 534 g/mol. The van der Waals surface area contributed by atoms with E-state index >= 15 is 0 Å². The number of anilines is 1. The monoisotopic (exact) mass is 569 g/mol.